The molecule has 1 aromatic rings. The Kier molecular flexibility index (Phi) is 5.02. The fraction of sp³-hybridized carbons (Fsp3) is 0.583. The van der Waals surface area contributed by atoms with Crippen LogP contribution in [0, 0.1) is 0 Å². The van der Waals surface area contributed by atoms with Gasteiger partial charge in [0.25, 0.3) is 0 Å². The number of hydrogen-bond acceptors (Lipinski definition) is 1. The van der Waals surface area contributed by atoms with Crippen LogP contribution in [0.1, 0.15) is 57.6 Å². The molecule has 1 fully saturated rings. The lowest BCUT2D eigenvalue weighted by atomic mass is 9.70. The van der Waals surface area contributed by atoms with Gasteiger partial charge in [0.1, 0.15) is 5.75 Å². The lowest BCUT2D eigenvalue weighted by molar-refractivity contribution is 0.378. The summed E-state index contributed by atoms with van der Waals surface area (Å²) in [6, 6.07) is 6.82. The number of hydrogen-bond donors (Lipinski definition) is 0. The molecule has 0 heterocycles. The SMILES string of the molecule is COc1c(C(C)(C)C)cccc1C1(C2=CC([Si](C)(C)C)C=C2)CCCC1. The molecule has 142 valence electrons. The molecule has 3 rings (SSSR count). The summed E-state index contributed by atoms with van der Waals surface area (Å²) in [6.07, 6.45) is 12.6. The zero-order valence-electron chi connectivity index (χ0n) is 17.8. The zero-order valence-corrected chi connectivity index (χ0v) is 18.8. The molecular weight excluding hydrogens is 332 g/mol. The topological polar surface area (TPSA) is 9.23 Å². The average Bonchev–Trinajstić information content (AvgIpc) is 3.22. The van der Waals surface area contributed by atoms with Crippen molar-refractivity contribution in [2.75, 3.05) is 7.11 Å². The summed E-state index contributed by atoms with van der Waals surface area (Å²) in [4.78, 5) is 0. The molecule has 2 aliphatic carbocycles. The highest BCUT2D eigenvalue weighted by atomic mass is 28.3. The molecule has 2 heteroatoms. The van der Waals surface area contributed by atoms with Crippen molar-refractivity contribution >= 4 is 8.07 Å². The first-order valence-corrected chi connectivity index (χ1v) is 13.8. The summed E-state index contributed by atoms with van der Waals surface area (Å²) in [7, 11) is 0.640. The molecule has 0 aromatic heterocycles. The molecule has 2 aliphatic rings. The molecule has 26 heavy (non-hydrogen) atoms. The van der Waals surface area contributed by atoms with Gasteiger partial charge in [-0.15, -0.1) is 0 Å². The Hall–Kier alpha value is -1.28. The maximum atomic E-state index is 6.05. The first-order chi connectivity index (χ1) is 12.1. The normalized spacial score (nSPS) is 22.6. The highest BCUT2D eigenvalue weighted by Crippen LogP contribution is 2.54. The van der Waals surface area contributed by atoms with E-state index in [2.05, 4.69) is 76.8 Å². The van der Waals surface area contributed by atoms with Gasteiger partial charge in [-0.3, -0.25) is 0 Å². The van der Waals surface area contributed by atoms with Gasteiger partial charge < -0.3 is 4.74 Å². The van der Waals surface area contributed by atoms with Crippen LogP contribution in [0.15, 0.2) is 42.0 Å². The minimum absolute atomic E-state index is 0.0852. The van der Waals surface area contributed by atoms with Crippen LogP contribution in [0.25, 0.3) is 0 Å². The Morgan fingerprint density at radius 1 is 1.08 bits per heavy atom. The van der Waals surface area contributed by atoms with Crippen molar-refractivity contribution in [1.29, 1.82) is 0 Å². The zero-order chi connectivity index (χ0) is 19.2. The molecule has 0 radical (unpaired) electrons. The van der Waals surface area contributed by atoms with Crippen molar-refractivity contribution in [3.63, 3.8) is 0 Å². The summed E-state index contributed by atoms with van der Waals surface area (Å²) in [5.41, 5.74) is 5.17. The van der Waals surface area contributed by atoms with Crippen LogP contribution in [0.2, 0.25) is 25.2 Å². The van der Waals surface area contributed by atoms with Gasteiger partial charge in [0.2, 0.25) is 0 Å². The molecule has 1 unspecified atom stereocenters. The predicted molar refractivity (Wildman–Crippen MR) is 116 cm³/mol. The van der Waals surface area contributed by atoms with Gasteiger partial charge in [-0.1, -0.05) is 89.7 Å². The second-order valence-electron chi connectivity index (χ2n) is 10.3. The first kappa shape index (κ1) is 19.5. The average molecular weight is 369 g/mol. The summed E-state index contributed by atoms with van der Waals surface area (Å²) >= 11 is 0. The third-order valence-electron chi connectivity index (χ3n) is 6.39. The van der Waals surface area contributed by atoms with Gasteiger partial charge >= 0.3 is 0 Å². The molecular formula is C24H36OSi. The van der Waals surface area contributed by atoms with E-state index in [0.717, 1.165) is 5.75 Å². The number of methoxy groups -OCH3 is 1. The summed E-state index contributed by atoms with van der Waals surface area (Å²) in [5, 5.41) is 0. The van der Waals surface area contributed by atoms with Crippen molar-refractivity contribution in [2.24, 2.45) is 0 Å². The van der Waals surface area contributed by atoms with Crippen LogP contribution < -0.4 is 4.74 Å². The second-order valence-corrected chi connectivity index (χ2v) is 15.7. The number of rotatable bonds is 4. The molecule has 0 aliphatic heterocycles. The molecule has 0 N–H and O–H groups in total. The van der Waals surface area contributed by atoms with E-state index in [-0.39, 0.29) is 10.8 Å². The monoisotopic (exact) mass is 368 g/mol. The minimum Gasteiger partial charge on any atom is -0.496 e. The van der Waals surface area contributed by atoms with Gasteiger partial charge in [-0.2, -0.15) is 0 Å². The van der Waals surface area contributed by atoms with Crippen LogP contribution in [0.5, 0.6) is 5.75 Å². The molecule has 0 spiro atoms. The summed E-state index contributed by atoms with van der Waals surface area (Å²) in [6.45, 7) is 14.3. The van der Waals surface area contributed by atoms with E-state index >= 15 is 0 Å². The van der Waals surface area contributed by atoms with Crippen LogP contribution in [-0.2, 0) is 10.8 Å². The third-order valence-corrected chi connectivity index (χ3v) is 8.75. The smallest absolute Gasteiger partial charge is 0.126 e. The van der Waals surface area contributed by atoms with Crippen molar-refractivity contribution in [1.82, 2.24) is 0 Å². The molecule has 1 saturated carbocycles. The van der Waals surface area contributed by atoms with Crippen molar-refractivity contribution in [2.45, 2.75) is 82.5 Å². The van der Waals surface area contributed by atoms with E-state index in [1.54, 1.807) is 5.57 Å². The van der Waals surface area contributed by atoms with Gasteiger partial charge in [0, 0.05) is 11.0 Å². The van der Waals surface area contributed by atoms with Gasteiger partial charge in [-0.05, 0) is 34.9 Å². The summed E-state index contributed by atoms with van der Waals surface area (Å²) < 4.78 is 6.05. The summed E-state index contributed by atoms with van der Waals surface area (Å²) in [5.74, 6) is 1.12. The fourth-order valence-electron chi connectivity index (χ4n) is 4.79. The third kappa shape index (κ3) is 3.33. The van der Waals surface area contributed by atoms with E-state index in [9.17, 15) is 0 Å². The largest absolute Gasteiger partial charge is 0.496 e. The highest BCUT2D eigenvalue weighted by Gasteiger charge is 2.43. The van der Waals surface area contributed by atoms with Gasteiger partial charge in [0.05, 0.1) is 15.2 Å². The van der Waals surface area contributed by atoms with E-state index in [1.165, 1.54) is 36.8 Å². The molecule has 0 bridgehead atoms. The quantitative estimate of drug-likeness (QED) is 0.519. The number of benzene rings is 1. The van der Waals surface area contributed by atoms with Crippen LogP contribution in [0.3, 0.4) is 0 Å². The maximum Gasteiger partial charge on any atom is 0.126 e. The lowest BCUT2D eigenvalue weighted by Crippen LogP contribution is -2.27. The van der Waals surface area contributed by atoms with Gasteiger partial charge in [0.15, 0.2) is 0 Å². The Balaban J connectivity index is 2.15. The van der Waals surface area contributed by atoms with Crippen molar-refractivity contribution in [3.8, 4) is 5.75 Å². The van der Waals surface area contributed by atoms with Crippen molar-refractivity contribution in [3.05, 3.63) is 53.1 Å². The lowest BCUT2D eigenvalue weighted by Gasteiger charge is -2.35. The molecule has 1 atom stereocenters. The van der Waals surface area contributed by atoms with E-state index in [4.69, 9.17) is 4.74 Å². The molecule has 0 saturated heterocycles. The number of allylic oxidation sites excluding steroid dienone is 4. The maximum absolute atomic E-state index is 6.05. The Bertz CT molecular complexity index is 722. The van der Waals surface area contributed by atoms with E-state index < -0.39 is 8.07 Å². The minimum atomic E-state index is -1.21. The molecule has 1 aromatic carbocycles. The Morgan fingerprint density at radius 2 is 1.73 bits per heavy atom. The number of para-hydroxylation sites is 1. The van der Waals surface area contributed by atoms with Crippen LogP contribution >= 0.6 is 0 Å². The first-order valence-electron chi connectivity index (χ1n) is 10.2. The Labute approximate surface area is 161 Å². The predicted octanol–water partition coefficient (Wildman–Crippen LogP) is 7.01. The second kappa shape index (κ2) is 6.71. The van der Waals surface area contributed by atoms with Crippen molar-refractivity contribution < 1.29 is 4.74 Å². The van der Waals surface area contributed by atoms with E-state index in [1.807, 2.05) is 7.11 Å². The van der Waals surface area contributed by atoms with Crippen LogP contribution in [-0.4, -0.2) is 15.2 Å². The van der Waals surface area contributed by atoms with E-state index in [0.29, 0.717) is 5.54 Å². The number of ether oxygens (including phenoxy) is 1. The standard InChI is InChI=1S/C24H36OSi/c1-23(2,3)20-11-10-12-21(22(20)25-4)24(15-8-9-16-24)18-13-14-19(17-18)26(5,6)7/h10-14,17,19H,8-9,15-16H2,1-7H3. The van der Waals surface area contributed by atoms with Crippen LogP contribution in [0.4, 0.5) is 0 Å². The Morgan fingerprint density at radius 3 is 2.23 bits per heavy atom. The highest BCUT2D eigenvalue weighted by molar-refractivity contribution is 6.78. The fourth-order valence-corrected chi connectivity index (χ4v) is 6.14. The van der Waals surface area contributed by atoms with Gasteiger partial charge in [-0.25, -0.2) is 0 Å². The molecule has 0 amide bonds. The molecule has 1 nitrogen and oxygen atoms in total.